The van der Waals surface area contributed by atoms with Crippen LogP contribution >= 0.6 is 34.5 Å². The van der Waals surface area contributed by atoms with Gasteiger partial charge in [0.05, 0.1) is 13.2 Å². The number of esters is 1. The summed E-state index contributed by atoms with van der Waals surface area (Å²) in [4.78, 5) is 25.4. The van der Waals surface area contributed by atoms with E-state index in [9.17, 15) is 10.1 Å². The lowest BCUT2D eigenvalue weighted by atomic mass is 10.2. The zero-order chi connectivity index (χ0) is 20.1. The quantitative estimate of drug-likeness (QED) is 0.296. The van der Waals surface area contributed by atoms with E-state index >= 15 is 0 Å². The molecular weight excluding hydrogens is 421 g/mol. The average molecular weight is 438 g/mol. The van der Waals surface area contributed by atoms with Crippen LogP contribution < -0.4 is 0 Å². The molecule has 0 aromatic carbocycles. The Morgan fingerprint density at radius 3 is 2.57 bits per heavy atom. The minimum Gasteiger partial charge on any atom is -0.462 e. The van der Waals surface area contributed by atoms with E-state index in [2.05, 4.69) is 9.97 Å². The maximum Gasteiger partial charge on any atom is 0.352 e. The van der Waals surface area contributed by atoms with Crippen molar-refractivity contribution in [2.75, 3.05) is 19.7 Å². The Balaban J connectivity index is 1.93. The first-order valence-electron chi connectivity index (χ1n) is 8.53. The van der Waals surface area contributed by atoms with Crippen molar-refractivity contribution in [2.45, 2.75) is 20.0 Å². The van der Waals surface area contributed by atoms with Crippen molar-refractivity contribution in [3.63, 3.8) is 0 Å². The minimum absolute atomic E-state index is 0.0168. The highest BCUT2D eigenvalue weighted by molar-refractivity contribution is 7.15. The molecule has 3 heterocycles. The third-order valence-electron chi connectivity index (χ3n) is 4.09. The first-order valence-corrected chi connectivity index (χ1v) is 10.1. The van der Waals surface area contributed by atoms with Crippen LogP contribution in [0, 0.1) is 11.3 Å². The largest absolute Gasteiger partial charge is 0.462 e. The average Bonchev–Trinajstić information content (AvgIpc) is 3.25. The van der Waals surface area contributed by atoms with E-state index in [0.29, 0.717) is 41.6 Å². The Hall–Kier alpha value is -2.34. The van der Waals surface area contributed by atoms with Gasteiger partial charge in [0.2, 0.25) is 0 Å². The van der Waals surface area contributed by atoms with Crippen molar-refractivity contribution in [3.8, 4) is 6.07 Å². The lowest BCUT2D eigenvalue weighted by molar-refractivity contribution is -0.138. The van der Waals surface area contributed by atoms with Gasteiger partial charge in [0.1, 0.15) is 17.0 Å². The summed E-state index contributed by atoms with van der Waals surface area (Å²) in [5, 5.41) is 10.1. The number of hydrogen-bond acceptors (Lipinski definition) is 8. The molecule has 1 aliphatic rings. The number of carbonyl (C=O) groups excluding carboxylic acids is 1. The maximum atomic E-state index is 12.4. The first-order chi connectivity index (χ1) is 13.5. The van der Waals surface area contributed by atoms with Crippen LogP contribution in [0.15, 0.2) is 35.9 Å². The molecule has 0 atom stereocenters. The number of thiazole rings is 1. The molecule has 7 nitrogen and oxygen atoms in total. The van der Waals surface area contributed by atoms with Gasteiger partial charge in [-0.1, -0.05) is 29.3 Å². The number of pyridine rings is 1. The normalized spacial score (nSPS) is 15.5. The van der Waals surface area contributed by atoms with Crippen LogP contribution in [-0.2, 0) is 22.6 Å². The lowest BCUT2D eigenvalue weighted by Crippen LogP contribution is -2.27. The monoisotopic (exact) mass is 437 g/mol. The molecule has 1 fully saturated rings. The lowest BCUT2D eigenvalue weighted by Gasteiger charge is -2.25. The molecule has 1 saturated heterocycles. The van der Waals surface area contributed by atoms with E-state index in [1.54, 1.807) is 25.4 Å². The summed E-state index contributed by atoms with van der Waals surface area (Å²) < 4.78 is 5.54. The fourth-order valence-corrected chi connectivity index (χ4v) is 4.04. The second kappa shape index (κ2) is 9.24. The van der Waals surface area contributed by atoms with E-state index < -0.39 is 5.97 Å². The number of nitrogens with zero attached hydrogens (tertiary/aromatic N) is 5. The zero-order valence-electron chi connectivity index (χ0n) is 15.1. The molecule has 10 heteroatoms. The molecule has 0 spiro atoms. The van der Waals surface area contributed by atoms with Gasteiger partial charge in [-0.05, 0) is 18.6 Å². The number of ether oxygens (including phenoxy) is 1. The van der Waals surface area contributed by atoms with Gasteiger partial charge in [0, 0.05) is 36.9 Å². The van der Waals surface area contributed by atoms with Gasteiger partial charge in [0.15, 0.2) is 10.0 Å². The van der Waals surface area contributed by atoms with E-state index in [-0.39, 0.29) is 12.2 Å². The Kier molecular flexibility index (Phi) is 6.73. The molecule has 0 N–H and O–H groups in total. The topological polar surface area (TPSA) is 82.3 Å². The Morgan fingerprint density at radius 1 is 1.25 bits per heavy atom. The van der Waals surface area contributed by atoms with Crippen molar-refractivity contribution in [2.24, 2.45) is 0 Å². The minimum atomic E-state index is -0.631. The zero-order valence-corrected chi connectivity index (χ0v) is 17.4. The molecular formula is C18H17Cl2N5O2S. The number of hydrogen-bond donors (Lipinski definition) is 0. The van der Waals surface area contributed by atoms with Gasteiger partial charge < -0.3 is 14.5 Å². The highest BCUT2D eigenvalue weighted by Gasteiger charge is 2.32. The summed E-state index contributed by atoms with van der Waals surface area (Å²) in [5.41, 5.74) is 0.905. The maximum absolute atomic E-state index is 12.4. The summed E-state index contributed by atoms with van der Waals surface area (Å²) in [6, 6.07) is 5.60. The number of rotatable bonds is 6. The standard InChI is InChI=1S/C18H17Cl2N5O2S/c1-2-27-17(26)14(7-21)16-24(10-12-3-4-15(19)22-8-12)5-6-25(16)11-13-9-23-18(20)28-13/h3-4,8-9H,2,5-6,10-11H2,1H3/b16-14+. The van der Waals surface area contributed by atoms with Gasteiger partial charge in [-0.25, -0.2) is 14.8 Å². The number of carbonyl (C=O) groups is 1. The second-order valence-electron chi connectivity index (χ2n) is 5.94. The molecule has 2 aromatic rings. The summed E-state index contributed by atoms with van der Waals surface area (Å²) >= 11 is 13.2. The van der Waals surface area contributed by atoms with E-state index in [1.165, 1.54) is 11.3 Å². The number of nitriles is 1. The molecule has 146 valence electrons. The molecule has 0 amide bonds. The second-order valence-corrected chi connectivity index (χ2v) is 8.03. The van der Waals surface area contributed by atoms with Gasteiger partial charge in [-0.2, -0.15) is 5.26 Å². The Bertz CT molecular complexity index is 923. The van der Waals surface area contributed by atoms with Gasteiger partial charge in [-0.3, -0.25) is 0 Å². The van der Waals surface area contributed by atoms with Crippen molar-refractivity contribution in [1.29, 1.82) is 5.26 Å². The van der Waals surface area contributed by atoms with E-state index in [4.69, 9.17) is 27.9 Å². The summed E-state index contributed by atoms with van der Waals surface area (Å²) in [6.45, 7) is 4.19. The number of aromatic nitrogens is 2. The Labute approximate surface area is 176 Å². The molecule has 0 aliphatic carbocycles. The first kappa shape index (κ1) is 20.4. The van der Waals surface area contributed by atoms with Crippen molar-refractivity contribution in [3.05, 3.63) is 56.0 Å². The third kappa shape index (κ3) is 4.73. The highest BCUT2D eigenvalue weighted by Crippen LogP contribution is 2.29. The SMILES string of the molecule is CCOC(=O)/C(C#N)=C1\N(Cc2ccc(Cl)nc2)CCN1Cc1cnc(Cl)s1. The molecule has 0 unspecified atom stereocenters. The summed E-state index contributed by atoms with van der Waals surface area (Å²) in [6.07, 6.45) is 3.38. The van der Waals surface area contributed by atoms with Crippen molar-refractivity contribution >= 4 is 40.5 Å². The van der Waals surface area contributed by atoms with Gasteiger partial charge in [-0.15, -0.1) is 11.3 Å². The molecule has 0 bridgehead atoms. The molecule has 2 aromatic heterocycles. The smallest absolute Gasteiger partial charge is 0.352 e. The predicted octanol–water partition coefficient (Wildman–Crippen LogP) is 3.46. The van der Waals surface area contributed by atoms with Crippen molar-refractivity contribution in [1.82, 2.24) is 19.8 Å². The predicted molar refractivity (Wildman–Crippen MR) is 106 cm³/mol. The summed E-state index contributed by atoms with van der Waals surface area (Å²) in [5.74, 6) is -0.0890. The molecule has 0 radical (unpaired) electrons. The van der Waals surface area contributed by atoms with Gasteiger partial charge >= 0.3 is 5.97 Å². The van der Waals surface area contributed by atoms with Crippen LogP contribution in [0.25, 0.3) is 0 Å². The summed E-state index contributed by atoms with van der Waals surface area (Å²) in [7, 11) is 0. The molecule has 3 rings (SSSR count). The fraction of sp³-hybridized carbons (Fsp3) is 0.333. The third-order valence-corrected chi connectivity index (χ3v) is 5.41. The Morgan fingerprint density at radius 2 is 2.00 bits per heavy atom. The van der Waals surface area contributed by atoms with Crippen LogP contribution in [0.1, 0.15) is 17.4 Å². The van der Waals surface area contributed by atoms with E-state index in [0.717, 1.165) is 10.4 Å². The van der Waals surface area contributed by atoms with Crippen LogP contribution in [0.2, 0.25) is 9.62 Å². The molecule has 1 aliphatic heterocycles. The molecule has 0 saturated carbocycles. The van der Waals surface area contributed by atoms with Gasteiger partial charge in [0.25, 0.3) is 0 Å². The fourth-order valence-electron chi connectivity index (χ4n) is 2.93. The van der Waals surface area contributed by atoms with Crippen LogP contribution in [0.5, 0.6) is 0 Å². The van der Waals surface area contributed by atoms with Crippen molar-refractivity contribution < 1.29 is 9.53 Å². The molecule has 28 heavy (non-hydrogen) atoms. The number of halogens is 2. The van der Waals surface area contributed by atoms with Crippen LogP contribution in [0.4, 0.5) is 0 Å². The van der Waals surface area contributed by atoms with Crippen LogP contribution in [0.3, 0.4) is 0 Å². The highest BCUT2D eigenvalue weighted by atomic mass is 35.5. The van der Waals surface area contributed by atoms with Crippen LogP contribution in [-0.4, -0.2) is 45.4 Å². The van der Waals surface area contributed by atoms with E-state index in [1.807, 2.05) is 21.9 Å².